The van der Waals surface area contributed by atoms with Gasteiger partial charge in [0.15, 0.2) is 5.78 Å². The van der Waals surface area contributed by atoms with Gasteiger partial charge in [-0.15, -0.1) is 33.7 Å². The van der Waals surface area contributed by atoms with Crippen LogP contribution >= 0.6 is 23.5 Å². The first-order valence-electron chi connectivity index (χ1n) is 11.9. The molecule has 0 radical (unpaired) electrons. The topological polar surface area (TPSA) is 98.7 Å². The van der Waals surface area contributed by atoms with Crippen LogP contribution in [0.5, 0.6) is 0 Å². The minimum atomic E-state index is -1.79. The largest absolute Gasteiger partial charge is 0.382 e. The lowest BCUT2D eigenvalue weighted by molar-refractivity contribution is 0.0132. The number of Topliss-reactive ketones (excluding diaryl/α,β-unsaturated/α-hetero) is 1. The maximum atomic E-state index is 14.8. The van der Waals surface area contributed by atoms with Gasteiger partial charge in [-0.25, -0.2) is 18.4 Å². The number of thioether (sulfide) groups is 2. The first kappa shape index (κ1) is 27.9. The Kier molecular flexibility index (Phi) is 8.64. The standard InChI is InChI=1S/C26H28F2N6O2S2/c1-16(24(35)19-5-8-21(9-6-19)38-17(2)25-32-30-15-33(25)4)37-18(3)26(36,12-34-14-29-13-31-34)22-10-7-20(27)11-23(22)28/h5-11,13-18,36H,12H2,1-4H3/t16?,17?,18-,26-/m1/s1. The van der Waals surface area contributed by atoms with Crippen LogP contribution in [0.1, 0.15) is 47.8 Å². The molecular formula is C26H28F2N6O2S2. The average Bonchev–Trinajstić information content (AvgIpc) is 3.55. The van der Waals surface area contributed by atoms with Crippen molar-refractivity contribution >= 4 is 29.3 Å². The van der Waals surface area contributed by atoms with Crippen molar-refractivity contribution in [1.82, 2.24) is 29.5 Å². The van der Waals surface area contributed by atoms with Gasteiger partial charge in [-0.3, -0.25) is 4.79 Å². The van der Waals surface area contributed by atoms with Crippen LogP contribution in [0.2, 0.25) is 0 Å². The molecule has 0 aliphatic heterocycles. The quantitative estimate of drug-likeness (QED) is 0.207. The SMILES string of the molecule is CC(S[C@H](C)[C@](O)(Cn1cncn1)c1ccc(F)cc1F)C(=O)c1ccc(SC(C)c2nncn2C)cc1. The van der Waals surface area contributed by atoms with E-state index in [4.69, 9.17) is 0 Å². The van der Waals surface area contributed by atoms with Crippen molar-refractivity contribution in [3.8, 4) is 0 Å². The van der Waals surface area contributed by atoms with E-state index in [0.717, 1.165) is 22.9 Å². The van der Waals surface area contributed by atoms with E-state index in [-0.39, 0.29) is 23.1 Å². The number of rotatable bonds is 11. The first-order valence-corrected chi connectivity index (χ1v) is 13.7. The van der Waals surface area contributed by atoms with Crippen LogP contribution < -0.4 is 0 Å². The third-order valence-corrected chi connectivity index (χ3v) is 8.81. The Hall–Kier alpha value is -3.09. The summed E-state index contributed by atoms with van der Waals surface area (Å²) in [6.07, 6.45) is 4.37. The summed E-state index contributed by atoms with van der Waals surface area (Å²) in [5.74, 6) is -0.888. The molecule has 0 spiro atoms. The number of hydrogen-bond donors (Lipinski definition) is 1. The Labute approximate surface area is 227 Å². The highest BCUT2D eigenvalue weighted by atomic mass is 32.2. The first-order chi connectivity index (χ1) is 18.1. The van der Waals surface area contributed by atoms with Gasteiger partial charge in [0.25, 0.3) is 0 Å². The average molecular weight is 559 g/mol. The molecule has 38 heavy (non-hydrogen) atoms. The Morgan fingerprint density at radius 3 is 2.45 bits per heavy atom. The number of carbonyl (C=O) groups is 1. The Balaban J connectivity index is 1.48. The lowest BCUT2D eigenvalue weighted by Crippen LogP contribution is -2.42. The molecule has 0 amide bonds. The van der Waals surface area contributed by atoms with Crippen LogP contribution in [0.3, 0.4) is 0 Å². The number of aryl methyl sites for hydroxylation is 1. The molecule has 0 saturated carbocycles. The molecule has 12 heteroatoms. The van der Waals surface area contributed by atoms with E-state index in [0.29, 0.717) is 5.56 Å². The highest BCUT2D eigenvalue weighted by Crippen LogP contribution is 2.39. The molecule has 0 saturated heterocycles. The fourth-order valence-electron chi connectivity index (χ4n) is 4.16. The summed E-state index contributed by atoms with van der Waals surface area (Å²) in [6, 6.07) is 10.4. The fourth-order valence-corrected chi connectivity index (χ4v) is 6.48. The van der Waals surface area contributed by atoms with E-state index >= 15 is 0 Å². The number of aliphatic hydroxyl groups is 1. The molecule has 1 N–H and O–H groups in total. The molecule has 4 rings (SSSR count). The van der Waals surface area contributed by atoms with Crippen molar-refractivity contribution in [3.05, 3.63) is 90.0 Å². The summed E-state index contributed by atoms with van der Waals surface area (Å²) in [5, 5.41) is 22.7. The zero-order valence-electron chi connectivity index (χ0n) is 21.3. The second-order valence-electron chi connectivity index (χ2n) is 9.01. The zero-order valence-corrected chi connectivity index (χ0v) is 23.0. The number of halogens is 2. The molecule has 2 unspecified atom stereocenters. The van der Waals surface area contributed by atoms with E-state index in [9.17, 15) is 18.7 Å². The second-order valence-corrected chi connectivity index (χ2v) is 12.1. The molecule has 200 valence electrons. The van der Waals surface area contributed by atoms with Gasteiger partial charge < -0.3 is 9.67 Å². The van der Waals surface area contributed by atoms with Crippen LogP contribution in [-0.2, 0) is 19.2 Å². The molecule has 4 aromatic rings. The van der Waals surface area contributed by atoms with Gasteiger partial charge in [-0.1, -0.05) is 25.1 Å². The minimum Gasteiger partial charge on any atom is -0.382 e. The number of ketones is 1. The van der Waals surface area contributed by atoms with Crippen molar-refractivity contribution in [2.45, 2.75) is 53.6 Å². The van der Waals surface area contributed by atoms with Gasteiger partial charge >= 0.3 is 0 Å². The normalized spacial score (nSPS) is 15.6. The van der Waals surface area contributed by atoms with E-state index in [1.54, 1.807) is 44.1 Å². The monoisotopic (exact) mass is 558 g/mol. The van der Waals surface area contributed by atoms with E-state index in [2.05, 4.69) is 20.3 Å². The maximum Gasteiger partial charge on any atom is 0.175 e. The second kappa shape index (κ2) is 11.7. The van der Waals surface area contributed by atoms with Gasteiger partial charge in [0.05, 0.1) is 17.0 Å². The molecule has 0 aliphatic carbocycles. The van der Waals surface area contributed by atoms with Crippen LogP contribution in [0, 0.1) is 11.6 Å². The van der Waals surface area contributed by atoms with Crippen molar-refractivity contribution in [3.63, 3.8) is 0 Å². The molecule has 4 atom stereocenters. The van der Waals surface area contributed by atoms with E-state index in [1.165, 1.54) is 35.2 Å². The molecule has 2 aromatic heterocycles. The predicted octanol–water partition coefficient (Wildman–Crippen LogP) is 4.82. The van der Waals surface area contributed by atoms with Crippen molar-refractivity contribution in [1.29, 1.82) is 0 Å². The summed E-state index contributed by atoms with van der Waals surface area (Å²) in [4.78, 5) is 18.1. The Morgan fingerprint density at radius 2 is 1.84 bits per heavy atom. The van der Waals surface area contributed by atoms with Crippen LogP contribution in [0.15, 0.2) is 66.3 Å². The molecule has 0 aliphatic rings. The lowest BCUT2D eigenvalue weighted by Gasteiger charge is -2.35. The highest BCUT2D eigenvalue weighted by molar-refractivity contribution is 8.01. The number of hydrogen-bond acceptors (Lipinski definition) is 8. The minimum absolute atomic E-state index is 0.0764. The van der Waals surface area contributed by atoms with Gasteiger partial charge in [-0.05, 0) is 32.0 Å². The highest BCUT2D eigenvalue weighted by Gasteiger charge is 2.41. The maximum absolute atomic E-state index is 14.8. The van der Waals surface area contributed by atoms with Gasteiger partial charge in [0.1, 0.15) is 42.0 Å². The Morgan fingerprint density at radius 1 is 1.11 bits per heavy atom. The van der Waals surface area contributed by atoms with Crippen LogP contribution in [0.4, 0.5) is 8.78 Å². The van der Waals surface area contributed by atoms with Gasteiger partial charge in [0.2, 0.25) is 0 Å². The summed E-state index contributed by atoms with van der Waals surface area (Å²) in [6.45, 7) is 5.37. The molecule has 8 nitrogen and oxygen atoms in total. The van der Waals surface area contributed by atoms with E-state index in [1.807, 2.05) is 30.7 Å². The smallest absolute Gasteiger partial charge is 0.175 e. The molecule has 0 bridgehead atoms. The molecular weight excluding hydrogens is 530 g/mol. The van der Waals surface area contributed by atoms with Crippen LogP contribution in [0.25, 0.3) is 0 Å². The molecule has 2 aromatic carbocycles. The predicted molar refractivity (Wildman–Crippen MR) is 143 cm³/mol. The van der Waals surface area contributed by atoms with Gasteiger partial charge in [-0.2, -0.15) is 5.10 Å². The van der Waals surface area contributed by atoms with Crippen LogP contribution in [-0.4, -0.2) is 50.9 Å². The fraction of sp³-hybridized carbons (Fsp3) is 0.346. The van der Waals surface area contributed by atoms with Crippen molar-refractivity contribution in [2.75, 3.05) is 0 Å². The number of nitrogens with zero attached hydrogens (tertiary/aromatic N) is 6. The summed E-state index contributed by atoms with van der Waals surface area (Å²) in [7, 11) is 1.89. The zero-order chi connectivity index (χ0) is 27.4. The Bertz CT molecular complexity index is 1380. The molecule has 0 fully saturated rings. The van der Waals surface area contributed by atoms with Crippen molar-refractivity contribution in [2.24, 2.45) is 7.05 Å². The lowest BCUT2D eigenvalue weighted by atomic mass is 9.90. The summed E-state index contributed by atoms with van der Waals surface area (Å²) < 4.78 is 31.7. The third kappa shape index (κ3) is 6.13. The van der Waals surface area contributed by atoms with Crippen molar-refractivity contribution < 1.29 is 18.7 Å². The number of carbonyl (C=O) groups excluding carboxylic acids is 1. The number of aromatic nitrogens is 6. The molecule has 2 heterocycles. The number of benzene rings is 2. The van der Waals surface area contributed by atoms with E-state index < -0.39 is 27.7 Å². The summed E-state index contributed by atoms with van der Waals surface area (Å²) >= 11 is 2.82. The third-order valence-electron chi connectivity index (χ3n) is 6.28. The van der Waals surface area contributed by atoms with Gasteiger partial charge in [0, 0.05) is 34.4 Å². The summed E-state index contributed by atoms with van der Waals surface area (Å²) in [5.41, 5.74) is -1.34.